The number of rotatable bonds is 1. The van der Waals surface area contributed by atoms with Gasteiger partial charge in [0, 0.05) is 7.05 Å². The van der Waals surface area contributed by atoms with Gasteiger partial charge >= 0.3 is 6.09 Å². The van der Waals surface area contributed by atoms with E-state index >= 15 is 0 Å². The third-order valence-corrected chi connectivity index (χ3v) is 3.93. The van der Waals surface area contributed by atoms with Crippen LogP contribution in [0, 0.1) is 0 Å². The molecule has 0 aliphatic carbocycles. The normalized spacial score (nSPS) is 26.4. The Kier molecular flexibility index (Phi) is 4.06. The maximum atomic E-state index is 12.1. The highest BCUT2D eigenvalue weighted by molar-refractivity contribution is 5.68. The molecule has 0 bridgehead atoms. The summed E-state index contributed by atoms with van der Waals surface area (Å²) in [4.78, 5) is 13.7. The highest BCUT2D eigenvalue weighted by Gasteiger charge is 2.43. The van der Waals surface area contributed by atoms with Crippen molar-refractivity contribution in [3.8, 4) is 0 Å². The zero-order valence-electron chi connectivity index (χ0n) is 12.5. The average molecular weight is 270 g/mol. The third-order valence-electron chi connectivity index (χ3n) is 3.93. The van der Waals surface area contributed by atoms with Crippen molar-refractivity contribution in [1.29, 1.82) is 0 Å². The van der Waals surface area contributed by atoms with E-state index in [-0.39, 0.29) is 17.7 Å². The van der Waals surface area contributed by atoms with Gasteiger partial charge in [0.05, 0.1) is 18.2 Å². The van der Waals surface area contributed by atoms with Crippen LogP contribution >= 0.6 is 0 Å². The second-order valence-electron chi connectivity index (χ2n) is 6.69. The molecule has 2 fully saturated rings. The summed E-state index contributed by atoms with van der Waals surface area (Å²) in [7, 11) is 1.81. The van der Waals surface area contributed by atoms with Crippen molar-refractivity contribution in [3.05, 3.63) is 0 Å². The summed E-state index contributed by atoms with van der Waals surface area (Å²) in [5.74, 6) is 0. The van der Waals surface area contributed by atoms with Crippen molar-refractivity contribution in [2.24, 2.45) is 0 Å². The van der Waals surface area contributed by atoms with Crippen molar-refractivity contribution in [3.63, 3.8) is 0 Å². The van der Waals surface area contributed by atoms with Gasteiger partial charge in [0.2, 0.25) is 0 Å². The number of hydrogen-bond donors (Lipinski definition) is 1. The molecule has 0 saturated carbocycles. The Morgan fingerprint density at radius 2 is 2.00 bits per heavy atom. The molecule has 0 aromatic heterocycles. The van der Waals surface area contributed by atoms with Gasteiger partial charge < -0.3 is 19.7 Å². The van der Waals surface area contributed by atoms with Gasteiger partial charge in [-0.2, -0.15) is 0 Å². The molecule has 1 atom stereocenters. The zero-order valence-corrected chi connectivity index (χ0v) is 12.5. The molecular formula is C14H26N2O3. The first kappa shape index (κ1) is 14.6. The number of likely N-dealkylation sites (N-methyl/N-ethyl adjacent to an activating group) is 1. The van der Waals surface area contributed by atoms with Crippen LogP contribution in [0.25, 0.3) is 0 Å². The molecule has 5 heteroatoms. The van der Waals surface area contributed by atoms with Crippen LogP contribution in [0.3, 0.4) is 0 Å². The molecule has 110 valence electrons. The van der Waals surface area contributed by atoms with Crippen molar-refractivity contribution in [1.82, 2.24) is 10.2 Å². The van der Waals surface area contributed by atoms with E-state index in [1.54, 1.807) is 4.90 Å². The SMILES string of the molecule is CN(C(=O)OC(C)(C)C)C1COC2(CCNCC2)C1. The molecule has 1 spiro atoms. The number of amides is 1. The van der Waals surface area contributed by atoms with Gasteiger partial charge in [-0.1, -0.05) is 0 Å². The van der Waals surface area contributed by atoms with E-state index in [9.17, 15) is 4.79 Å². The van der Waals surface area contributed by atoms with Crippen LogP contribution < -0.4 is 5.32 Å². The lowest BCUT2D eigenvalue weighted by Crippen LogP contribution is -2.44. The fourth-order valence-electron chi connectivity index (χ4n) is 2.78. The predicted octanol–water partition coefficient (Wildman–Crippen LogP) is 1.76. The lowest BCUT2D eigenvalue weighted by Gasteiger charge is -2.33. The van der Waals surface area contributed by atoms with E-state index in [1.165, 1.54) is 0 Å². The summed E-state index contributed by atoms with van der Waals surface area (Å²) >= 11 is 0. The molecule has 2 saturated heterocycles. The maximum Gasteiger partial charge on any atom is 0.410 e. The van der Waals surface area contributed by atoms with Crippen LogP contribution in [-0.2, 0) is 9.47 Å². The Bertz CT molecular complexity index is 332. The van der Waals surface area contributed by atoms with Gasteiger partial charge in [-0.15, -0.1) is 0 Å². The van der Waals surface area contributed by atoms with Crippen LogP contribution in [0.1, 0.15) is 40.0 Å². The summed E-state index contributed by atoms with van der Waals surface area (Å²) < 4.78 is 11.4. The molecule has 1 N–H and O–H groups in total. The molecule has 2 rings (SSSR count). The molecule has 5 nitrogen and oxygen atoms in total. The highest BCUT2D eigenvalue weighted by Crippen LogP contribution is 2.35. The standard InChI is InChI=1S/C14H26N2O3/c1-13(2,3)19-12(17)16(4)11-9-14(18-10-11)5-7-15-8-6-14/h11,15H,5-10H2,1-4H3. The van der Waals surface area contributed by atoms with E-state index in [0.29, 0.717) is 6.61 Å². The number of nitrogens with one attached hydrogen (secondary N) is 1. The van der Waals surface area contributed by atoms with Gasteiger partial charge in [-0.25, -0.2) is 4.79 Å². The van der Waals surface area contributed by atoms with E-state index in [1.807, 2.05) is 27.8 Å². The minimum Gasteiger partial charge on any atom is -0.444 e. The number of piperidine rings is 1. The second-order valence-corrected chi connectivity index (χ2v) is 6.69. The molecule has 1 amide bonds. The average Bonchev–Trinajstić information content (AvgIpc) is 2.71. The maximum absolute atomic E-state index is 12.1. The Labute approximate surface area is 115 Å². The Balaban J connectivity index is 1.91. The first-order chi connectivity index (χ1) is 8.81. The van der Waals surface area contributed by atoms with Crippen molar-refractivity contribution >= 4 is 6.09 Å². The Morgan fingerprint density at radius 1 is 1.37 bits per heavy atom. The predicted molar refractivity (Wildman–Crippen MR) is 73.2 cm³/mol. The second kappa shape index (κ2) is 5.29. The fraction of sp³-hybridized carbons (Fsp3) is 0.929. The topological polar surface area (TPSA) is 50.8 Å². The summed E-state index contributed by atoms with van der Waals surface area (Å²) in [6.45, 7) is 8.29. The fourth-order valence-corrected chi connectivity index (χ4v) is 2.78. The van der Waals surface area contributed by atoms with Crippen LogP contribution in [0.5, 0.6) is 0 Å². The van der Waals surface area contributed by atoms with Crippen molar-refractivity contribution < 1.29 is 14.3 Å². The summed E-state index contributed by atoms with van der Waals surface area (Å²) in [6.07, 6.45) is 2.73. The van der Waals surface area contributed by atoms with Gasteiger partial charge in [-0.3, -0.25) is 0 Å². The van der Waals surface area contributed by atoms with Crippen LogP contribution in [0.4, 0.5) is 4.79 Å². The van der Waals surface area contributed by atoms with Crippen molar-refractivity contribution in [2.45, 2.75) is 57.3 Å². The summed E-state index contributed by atoms with van der Waals surface area (Å²) in [5.41, 5.74) is -0.469. The summed E-state index contributed by atoms with van der Waals surface area (Å²) in [6, 6.07) is 0.132. The van der Waals surface area contributed by atoms with Gasteiger partial charge in [0.1, 0.15) is 5.60 Å². The number of nitrogens with zero attached hydrogens (tertiary/aromatic N) is 1. The third kappa shape index (κ3) is 3.60. The minimum atomic E-state index is -0.447. The van der Waals surface area contributed by atoms with E-state index in [2.05, 4.69) is 5.32 Å². The van der Waals surface area contributed by atoms with Crippen LogP contribution in [-0.4, -0.2) is 55.0 Å². The minimum absolute atomic E-state index is 0.0216. The molecular weight excluding hydrogens is 244 g/mol. The van der Waals surface area contributed by atoms with Crippen LogP contribution in [0.15, 0.2) is 0 Å². The number of carbonyl (C=O) groups is 1. The molecule has 2 heterocycles. The van der Waals surface area contributed by atoms with Crippen LogP contribution in [0.2, 0.25) is 0 Å². The quantitative estimate of drug-likeness (QED) is 0.789. The number of carbonyl (C=O) groups excluding carboxylic acids is 1. The number of hydrogen-bond acceptors (Lipinski definition) is 4. The molecule has 0 aromatic carbocycles. The van der Waals surface area contributed by atoms with Gasteiger partial charge in [0.25, 0.3) is 0 Å². The first-order valence-corrected chi connectivity index (χ1v) is 7.12. The van der Waals surface area contributed by atoms with Gasteiger partial charge in [-0.05, 0) is 53.1 Å². The highest BCUT2D eigenvalue weighted by atomic mass is 16.6. The largest absolute Gasteiger partial charge is 0.444 e. The Morgan fingerprint density at radius 3 is 2.58 bits per heavy atom. The van der Waals surface area contributed by atoms with Crippen molar-refractivity contribution in [2.75, 3.05) is 26.7 Å². The number of ether oxygens (including phenoxy) is 2. The molecule has 19 heavy (non-hydrogen) atoms. The van der Waals surface area contributed by atoms with Gasteiger partial charge in [0.15, 0.2) is 0 Å². The smallest absolute Gasteiger partial charge is 0.410 e. The molecule has 1 unspecified atom stereocenters. The molecule has 0 radical (unpaired) electrons. The van der Waals surface area contributed by atoms with E-state index in [4.69, 9.17) is 9.47 Å². The Hall–Kier alpha value is -0.810. The molecule has 0 aromatic rings. The summed E-state index contributed by atoms with van der Waals surface area (Å²) in [5, 5.41) is 3.35. The molecule has 2 aliphatic heterocycles. The van der Waals surface area contributed by atoms with E-state index in [0.717, 1.165) is 32.4 Å². The lowest BCUT2D eigenvalue weighted by atomic mass is 9.88. The first-order valence-electron chi connectivity index (χ1n) is 7.12. The monoisotopic (exact) mass is 270 g/mol. The molecule has 2 aliphatic rings. The zero-order chi connectivity index (χ0) is 14.1. The lowest BCUT2D eigenvalue weighted by molar-refractivity contribution is -0.0206. The van der Waals surface area contributed by atoms with E-state index < -0.39 is 5.60 Å².